The van der Waals surface area contributed by atoms with Crippen molar-refractivity contribution in [2.24, 2.45) is 11.3 Å². The van der Waals surface area contributed by atoms with Crippen molar-refractivity contribution in [3.8, 4) is 5.75 Å². The van der Waals surface area contributed by atoms with E-state index in [4.69, 9.17) is 9.47 Å². The summed E-state index contributed by atoms with van der Waals surface area (Å²) in [4.78, 5) is 26.7. The summed E-state index contributed by atoms with van der Waals surface area (Å²) >= 11 is 1.51. The van der Waals surface area contributed by atoms with Gasteiger partial charge in [-0.15, -0.1) is 11.3 Å². The van der Waals surface area contributed by atoms with Crippen LogP contribution in [0, 0.1) is 11.3 Å². The summed E-state index contributed by atoms with van der Waals surface area (Å²) in [5.74, 6) is 0.635. The monoisotopic (exact) mass is 415 g/mol. The van der Waals surface area contributed by atoms with Gasteiger partial charge in [0.25, 0.3) is 5.91 Å². The molecule has 1 amide bonds. The average molecular weight is 416 g/mol. The van der Waals surface area contributed by atoms with E-state index in [1.165, 1.54) is 16.2 Å². The number of esters is 1. The molecule has 0 aliphatic heterocycles. The van der Waals surface area contributed by atoms with Crippen LogP contribution in [0.2, 0.25) is 0 Å². The minimum atomic E-state index is -0.357. The smallest absolute Gasteiger partial charge is 0.341 e. The van der Waals surface area contributed by atoms with E-state index < -0.39 is 0 Å². The molecule has 0 spiro atoms. The molecule has 1 N–H and O–H groups in total. The van der Waals surface area contributed by atoms with Crippen LogP contribution in [0.25, 0.3) is 0 Å². The van der Waals surface area contributed by atoms with Crippen LogP contribution < -0.4 is 10.1 Å². The molecule has 0 fully saturated rings. The fraction of sp³-hybridized carbons (Fsp3) is 0.478. The van der Waals surface area contributed by atoms with Gasteiger partial charge in [0, 0.05) is 10.4 Å². The largest absolute Gasteiger partial charge is 0.497 e. The van der Waals surface area contributed by atoms with Gasteiger partial charge >= 0.3 is 5.97 Å². The van der Waals surface area contributed by atoms with Gasteiger partial charge in [0.2, 0.25) is 0 Å². The van der Waals surface area contributed by atoms with Crippen molar-refractivity contribution in [1.82, 2.24) is 0 Å². The first-order chi connectivity index (χ1) is 13.7. The Kier molecular flexibility index (Phi) is 6.32. The first kappa shape index (κ1) is 21.4. The standard InChI is InChI=1S/C23H29NO4S/c1-6-28-22(26)19-17-12-9-15(23(2,3)4)13-18(17)29-21(19)24-20(25)14-7-10-16(27-5)11-8-14/h7-8,10-11,15H,6,9,12-13H2,1-5H3,(H,24,25). The highest BCUT2D eigenvalue weighted by Gasteiger charge is 2.34. The number of thiophene rings is 1. The molecular formula is C23H29NO4S. The zero-order valence-corrected chi connectivity index (χ0v) is 18.6. The molecule has 1 aliphatic carbocycles. The Labute approximate surface area is 176 Å². The second-order valence-corrected chi connectivity index (χ2v) is 9.52. The number of carbonyl (C=O) groups excluding carboxylic acids is 2. The maximum atomic E-state index is 12.8. The number of nitrogens with one attached hydrogen (secondary N) is 1. The Bertz CT molecular complexity index is 893. The number of amides is 1. The van der Waals surface area contributed by atoms with Crippen molar-refractivity contribution in [2.75, 3.05) is 19.0 Å². The number of fused-ring (bicyclic) bond motifs is 1. The lowest BCUT2D eigenvalue weighted by molar-refractivity contribution is 0.0526. The fourth-order valence-electron chi connectivity index (χ4n) is 3.75. The number of rotatable bonds is 5. The second-order valence-electron chi connectivity index (χ2n) is 8.42. The molecular weight excluding hydrogens is 386 g/mol. The SMILES string of the molecule is CCOC(=O)c1c(NC(=O)c2ccc(OC)cc2)sc2c1CCC(C(C)(C)C)C2. The Morgan fingerprint density at radius 1 is 1.21 bits per heavy atom. The predicted molar refractivity (Wildman–Crippen MR) is 116 cm³/mol. The van der Waals surface area contributed by atoms with Crippen molar-refractivity contribution in [3.05, 3.63) is 45.8 Å². The molecule has 1 atom stereocenters. The molecule has 1 aromatic carbocycles. The number of hydrogen-bond donors (Lipinski definition) is 1. The van der Waals surface area contributed by atoms with Gasteiger partial charge in [0.05, 0.1) is 19.3 Å². The summed E-state index contributed by atoms with van der Waals surface area (Å²) in [7, 11) is 1.59. The topological polar surface area (TPSA) is 64.6 Å². The normalized spacial score (nSPS) is 16.1. The Balaban J connectivity index is 1.91. The maximum absolute atomic E-state index is 12.8. The van der Waals surface area contributed by atoms with Gasteiger partial charge in [-0.2, -0.15) is 0 Å². The number of ether oxygens (including phenoxy) is 2. The lowest BCUT2D eigenvalue weighted by atomic mass is 9.72. The number of hydrogen-bond acceptors (Lipinski definition) is 5. The third-order valence-corrected chi connectivity index (χ3v) is 6.72. The highest BCUT2D eigenvalue weighted by atomic mass is 32.1. The summed E-state index contributed by atoms with van der Waals surface area (Å²) in [6, 6.07) is 6.91. The van der Waals surface area contributed by atoms with Crippen LogP contribution in [0.3, 0.4) is 0 Å². The van der Waals surface area contributed by atoms with Crippen LogP contribution in [0.15, 0.2) is 24.3 Å². The van der Waals surface area contributed by atoms with E-state index in [1.807, 2.05) is 0 Å². The van der Waals surface area contributed by atoms with Gasteiger partial charge in [-0.3, -0.25) is 4.79 Å². The summed E-state index contributed by atoms with van der Waals surface area (Å²) < 4.78 is 10.5. The van der Waals surface area contributed by atoms with Crippen LogP contribution in [-0.4, -0.2) is 25.6 Å². The van der Waals surface area contributed by atoms with Crippen molar-refractivity contribution in [2.45, 2.75) is 47.0 Å². The van der Waals surface area contributed by atoms with Gasteiger partial charge in [0.1, 0.15) is 10.8 Å². The summed E-state index contributed by atoms with van der Waals surface area (Å²) in [5, 5.41) is 3.54. The Morgan fingerprint density at radius 3 is 2.48 bits per heavy atom. The van der Waals surface area contributed by atoms with E-state index in [-0.39, 0.29) is 17.3 Å². The summed E-state index contributed by atoms with van der Waals surface area (Å²) in [6.45, 7) is 8.88. The second kappa shape index (κ2) is 8.57. The molecule has 1 aromatic heterocycles. The number of carbonyl (C=O) groups is 2. The van der Waals surface area contributed by atoms with Crippen LogP contribution >= 0.6 is 11.3 Å². The Morgan fingerprint density at radius 2 is 1.90 bits per heavy atom. The molecule has 0 saturated heterocycles. The van der Waals surface area contributed by atoms with Gasteiger partial charge in [0.15, 0.2) is 0 Å². The van der Waals surface area contributed by atoms with Gasteiger partial charge < -0.3 is 14.8 Å². The van der Waals surface area contributed by atoms with Gasteiger partial charge in [-0.1, -0.05) is 20.8 Å². The van der Waals surface area contributed by atoms with Crippen molar-refractivity contribution in [3.63, 3.8) is 0 Å². The molecule has 29 heavy (non-hydrogen) atoms. The summed E-state index contributed by atoms with van der Waals surface area (Å²) in [6.07, 6.45) is 2.79. The lowest BCUT2D eigenvalue weighted by Crippen LogP contribution is -2.26. The predicted octanol–water partition coefficient (Wildman–Crippen LogP) is 5.34. The summed E-state index contributed by atoms with van der Waals surface area (Å²) in [5.41, 5.74) is 2.29. The van der Waals surface area contributed by atoms with Crippen molar-refractivity contribution < 1.29 is 19.1 Å². The molecule has 1 aliphatic rings. The lowest BCUT2D eigenvalue weighted by Gasteiger charge is -2.33. The third-order valence-electron chi connectivity index (χ3n) is 5.55. The molecule has 2 aromatic rings. The molecule has 6 heteroatoms. The molecule has 3 rings (SSSR count). The van der Waals surface area contributed by atoms with E-state index in [2.05, 4.69) is 26.1 Å². The molecule has 0 saturated carbocycles. The van der Waals surface area contributed by atoms with E-state index >= 15 is 0 Å². The number of anilines is 1. The zero-order valence-electron chi connectivity index (χ0n) is 17.8. The highest BCUT2D eigenvalue weighted by Crippen LogP contribution is 2.44. The van der Waals surface area contributed by atoms with E-state index in [1.54, 1.807) is 38.3 Å². The van der Waals surface area contributed by atoms with E-state index in [0.29, 0.717) is 34.4 Å². The van der Waals surface area contributed by atoms with Crippen molar-refractivity contribution >= 4 is 28.2 Å². The number of methoxy groups -OCH3 is 1. The molecule has 1 unspecified atom stereocenters. The van der Waals surface area contributed by atoms with Crippen LogP contribution in [0.4, 0.5) is 5.00 Å². The molecule has 1 heterocycles. The number of benzene rings is 1. The van der Waals surface area contributed by atoms with Crippen LogP contribution in [0.5, 0.6) is 5.75 Å². The van der Waals surface area contributed by atoms with Gasteiger partial charge in [-0.05, 0) is 67.3 Å². The first-order valence-electron chi connectivity index (χ1n) is 10.0. The van der Waals surface area contributed by atoms with Crippen molar-refractivity contribution in [1.29, 1.82) is 0 Å². The molecule has 5 nitrogen and oxygen atoms in total. The van der Waals surface area contributed by atoms with Crippen LogP contribution in [-0.2, 0) is 17.6 Å². The quantitative estimate of drug-likeness (QED) is 0.670. The highest BCUT2D eigenvalue weighted by molar-refractivity contribution is 7.17. The molecule has 0 radical (unpaired) electrons. The minimum absolute atomic E-state index is 0.207. The molecule has 0 bridgehead atoms. The van der Waals surface area contributed by atoms with E-state index in [0.717, 1.165) is 24.8 Å². The molecule has 156 valence electrons. The first-order valence-corrected chi connectivity index (χ1v) is 10.8. The van der Waals surface area contributed by atoms with Gasteiger partial charge in [-0.25, -0.2) is 4.79 Å². The zero-order chi connectivity index (χ0) is 21.2. The fourth-order valence-corrected chi connectivity index (χ4v) is 5.06. The maximum Gasteiger partial charge on any atom is 0.341 e. The Hall–Kier alpha value is -2.34. The minimum Gasteiger partial charge on any atom is -0.497 e. The van der Waals surface area contributed by atoms with Crippen LogP contribution in [0.1, 0.15) is 65.3 Å². The average Bonchev–Trinajstić information content (AvgIpc) is 3.04. The third kappa shape index (κ3) is 4.64. The van der Waals surface area contributed by atoms with E-state index in [9.17, 15) is 9.59 Å².